The minimum atomic E-state index is 0.776. The van der Waals surface area contributed by atoms with E-state index in [1.807, 2.05) is 6.07 Å². The fourth-order valence-corrected chi connectivity index (χ4v) is 2.99. The van der Waals surface area contributed by atoms with Crippen LogP contribution in [0, 0.1) is 14.2 Å². The summed E-state index contributed by atoms with van der Waals surface area (Å²) in [6, 6.07) is 4.07. The van der Waals surface area contributed by atoms with Crippen LogP contribution in [0.5, 0.6) is 0 Å². The molecule has 0 unspecified atom stereocenters. The molecular formula is C8H3IN2S. The molecule has 2 aromatic heterocycles. The molecule has 0 bridgehead atoms. The van der Waals surface area contributed by atoms with Crippen LogP contribution in [0.3, 0.4) is 0 Å². The number of hydrogen-bond acceptors (Lipinski definition) is 3. The first kappa shape index (κ1) is 7.95. The molecule has 0 saturated heterocycles. The molecule has 0 aliphatic rings. The Hall–Kier alpha value is -0.670. The van der Waals surface area contributed by atoms with Crippen LogP contribution in [0.4, 0.5) is 0 Å². The van der Waals surface area contributed by atoms with Crippen LogP contribution in [0.1, 0.15) is 5.56 Å². The normalized spacial score (nSPS) is 10.0. The van der Waals surface area contributed by atoms with E-state index in [-0.39, 0.29) is 0 Å². The third-order valence-corrected chi connectivity index (χ3v) is 3.69. The molecule has 2 heterocycles. The van der Waals surface area contributed by atoms with Crippen molar-refractivity contribution in [3.63, 3.8) is 0 Å². The summed E-state index contributed by atoms with van der Waals surface area (Å²) in [6.45, 7) is 0. The van der Waals surface area contributed by atoms with Gasteiger partial charge >= 0.3 is 0 Å². The van der Waals surface area contributed by atoms with E-state index in [1.165, 1.54) is 0 Å². The molecule has 0 saturated carbocycles. The number of halogens is 1. The number of hydrogen-bond donors (Lipinski definition) is 0. The molecule has 4 heteroatoms. The molecule has 0 aliphatic carbocycles. The zero-order valence-corrected chi connectivity index (χ0v) is 8.89. The summed E-state index contributed by atoms with van der Waals surface area (Å²) in [7, 11) is 0. The van der Waals surface area contributed by atoms with Gasteiger partial charge in [0.05, 0.1) is 13.1 Å². The first-order valence-corrected chi connectivity index (χ1v) is 5.14. The topological polar surface area (TPSA) is 36.7 Å². The van der Waals surface area contributed by atoms with Crippen LogP contribution in [0.2, 0.25) is 0 Å². The molecular weight excluding hydrogens is 283 g/mol. The summed E-state index contributed by atoms with van der Waals surface area (Å²) in [5, 5.41) is 9.85. The highest BCUT2D eigenvalue weighted by Crippen LogP contribution is 2.30. The van der Waals surface area contributed by atoms with Crippen LogP contribution < -0.4 is 0 Å². The quantitative estimate of drug-likeness (QED) is 0.698. The van der Waals surface area contributed by atoms with Crippen LogP contribution in [0.15, 0.2) is 18.5 Å². The number of nitrogens with zero attached hydrogens (tertiary/aromatic N) is 2. The summed E-state index contributed by atoms with van der Waals surface area (Å²) < 4.78 is 2.12. The molecule has 2 nitrogen and oxygen atoms in total. The Bertz CT molecular complexity index is 469. The number of pyridine rings is 1. The van der Waals surface area contributed by atoms with Gasteiger partial charge in [0.2, 0.25) is 0 Å². The molecule has 0 fully saturated rings. The van der Waals surface area contributed by atoms with Crippen LogP contribution >= 0.6 is 33.9 Å². The molecule has 0 aliphatic heterocycles. The average molecular weight is 286 g/mol. The monoisotopic (exact) mass is 286 g/mol. The van der Waals surface area contributed by atoms with E-state index in [4.69, 9.17) is 5.26 Å². The third kappa shape index (κ3) is 1.09. The molecule has 12 heavy (non-hydrogen) atoms. The Morgan fingerprint density at radius 2 is 2.42 bits per heavy atom. The largest absolute Gasteiger partial charge is 0.263 e. The van der Waals surface area contributed by atoms with Gasteiger partial charge < -0.3 is 0 Å². The first-order valence-electron chi connectivity index (χ1n) is 3.25. The lowest BCUT2D eigenvalue weighted by atomic mass is 10.2. The Balaban J connectivity index is 2.93. The number of fused-ring (bicyclic) bond motifs is 1. The highest BCUT2D eigenvalue weighted by Gasteiger charge is 2.07. The zero-order valence-electron chi connectivity index (χ0n) is 5.91. The van der Waals surface area contributed by atoms with Crippen LogP contribution in [-0.2, 0) is 0 Å². The Morgan fingerprint density at radius 3 is 3.17 bits per heavy atom. The lowest BCUT2D eigenvalue weighted by molar-refractivity contribution is 1.37. The van der Waals surface area contributed by atoms with Crippen molar-refractivity contribution in [3.05, 3.63) is 26.9 Å². The summed E-state index contributed by atoms with van der Waals surface area (Å²) in [6.07, 6.45) is 3.51. The van der Waals surface area contributed by atoms with Gasteiger partial charge in [0.1, 0.15) is 6.07 Å². The van der Waals surface area contributed by atoms with Crippen molar-refractivity contribution in [2.45, 2.75) is 0 Å². The predicted octanol–water partition coefficient (Wildman–Crippen LogP) is 2.77. The highest BCUT2D eigenvalue weighted by atomic mass is 127. The molecule has 0 radical (unpaired) electrons. The number of nitriles is 1. The summed E-state index contributed by atoms with van der Waals surface area (Å²) >= 11 is 3.79. The maximum absolute atomic E-state index is 8.84. The summed E-state index contributed by atoms with van der Waals surface area (Å²) in [4.78, 5) is 4.00. The van der Waals surface area contributed by atoms with Crippen molar-refractivity contribution in [2.75, 3.05) is 0 Å². The van der Waals surface area contributed by atoms with E-state index < -0.39 is 0 Å². The standard InChI is InChI=1S/C8H3IN2S/c9-8-6(3-10)5-1-2-11-4-7(5)12-8/h1-2,4H. The maximum atomic E-state index is 8.84. The van der Waals surface area contributed by atoms with Gasteiger partial charge in [-0.1, -0.05) is 0 Å². The molecule has 2 aromatic rings. The molecule has 0 N–H and O–H groups in total. The molecule has 2 rings (SSSR count). The van der Waals surface area contributed by atoms with Crippen molar-refractivity contribution in [3.8, 4) is 6.07 Å². The van der Waals surface area contributed by atoms with Crippen molar-refractivity contribution in [1.82, 2.24) is 4.98 Å². The summed E-state index contributed by atoms with van der Waals surface area (Å²) in [5.41, 5.74) is 0.776. The zero-order chi connectivity index (χ0) is 8.55. The maximum Gasteiger partial charge on any atom is 0.102 e. The average Bonchev–Trinajstić information content (AvgIpc) is 2.40. The van der Waals surface area contributed by atoms with Gasteiger partial charge in [0.15, 0.2) is 0 Å². The number of aromatic nitrogens is 1. The predicted molar refractivity (Wildman–Crippen MR) is 57.1 cm³/mol. The smallest absolute Gasteiger partial charge is 0.102 e. The number of rotatable bonds is 0. The van der Waals surface area contributed by atoms with Crippen LogP contribution in [0.25, 0.3) is 10.1 Å². The van der Waals surface area contributed by atoms with Gasteiger partial charge in [-0.05, 0) is 28.7 Å². The number of thiophene rings is 1. The van der Waals surface area contributed by atoms with Gasteiger partial charge in [0, 0.05) is 17.8 Å². The molecule has 0 amide bonds. The SMILES string of the molecule is N#Cc1c(I)sc2cnccc12. The van der Waals surface area contributed by atoms with Gasteiger partial charge in [-0.2, -0.15) is 5.26 Å². The van der Waals surface area contributed by atoms with E-state index in [0.29, 0.717) is 0 Å². The van der Waals surface area contributed by atoms with E-state index in [9.17, 15) is 0 Å². The van der Waals surface area contributed by atoms with Crippen molar-refractivity contribution < 1.29 is 0 Å². The van der Waals surface area contributed by atoms with Gasteiger partial charge in [-0.15, -0.1) is 11.3 Å². The van der Waals surface area contributed by atoms with Gasteiger partial charge in [-0.25, -0.2) is 0 Å². The molecule has 0 aromatic carbocycles. The fourth-order valence-electron chi connectivity index (χ4n) is 1.03. The minimum absolute atomic E-state index is 0.776. The van der Waals surface area contributed by atoms with E-state index in [0.717, 1.165) is 18.5 Å². The second-order valence-corrected chi connectivity index (χ2v) is 5.10. The van der Waals surface area contributed by atoms with Crippen molar-refractivity contribution >= 4 is 44.0 Å². The second kappa shape index (κ2) is 2.99. The molecule has 0 spiro atoms. The molecule has 0 atom stereocenters. The second-order valence-electron chi connectivity index (χ2n) is 2.23. The van der Waals surface area contributed by atoms with Gasteiger partial charge in [-0.3, -0.25) is 4.98 Å². The van der Waals surface area contributed by atoms with Crippen molar-refractivity contribution in [1.29, 1.82) is 5.26 Å². The lowest BCUT2D eigenvalue weighted by Gasteiger charge is -1.85. The van der Waals surface area contributed by atoms with Crippen LogP contribution in [-0.4, -0.2) is 4.98 Å². The first-order chi connectivity index (χ1) is 5.83. The van der Waals surface area contributed by atoms with Crippen molar-refractivity contribution in [2.24, 2.45) is 0 Å². The Morgan fingerprint density at radius 1 is 1.58 bits per heavy atom. The third-order valence-electron chi connectivity index (χ3n) is 1.56. The van der Waals surface area contributed by atoms with Gasteiger partial charge in [0.25, 0.3) is 0 Å². The lowest BCUT2D eigenvalue weighted by Crippen LogP contribution is -1.72. The van der Waals surface area contributed by atoms with E-state index in [2.05, 4.69) is 33.6 Å². The fraction of sp³-hybridized carbons (Fsp3) is 0. The summed E-state index contributed by atoms with van der Waals surface area (Å²) in [5.74, 6) is 0. The van der Waals surface area contributed by atoms with E-state index >= 15 is 0 Å². The Kier molecular flexibility index (Phi) is 1.98. The molecule has 58 valence electrons. The minimum Gasteiger partial charge on any atom is -0.263 e. The Labute approximate surface area is 87.0 Å². The highest BCUT2D eigenvalue weighted by molar-refractivity contribution is 14.1. The van der Waals surface area contributed by atoms with E-state index in [1.54, 1.807) is 23.7 Å².